The Morgan fingerprint density at radius 3 is 3.00 bits per heavy atom. The Bertz CT molecular complexity index is 600. The van der Waals surface area contributed by atoms with E-state index >= 15 is 0 Å². The Morgan fingerprint density at radius 2 is 2.26 bits per heavy atom. The summed E-state index contributed by atoms with van der Waals surface area (Å²) in [6, 6.07) is 6.22. The number of hydrogen-bond donors (Lipinski definition) is 3. The molecule has 3 rings (SSSR count). The van der Waals surface area contributed by atoms with E-state index in [4.69, 9.17) is 9.84 Å². The first-order valence-corrected chi connectivity index (χ1v) is 8.81. The Balaban J connectivity index is 1.67. The topological polar surface area (TPSA) is 79.3 Å². The minimum atomic E-state index is 0.0568. The quantitative estimate of drug-likeness (QED) is 0.686. The van der Waals surface area contributed by atoms with E-state index < -0.39 is 0 Å². The molecule has 1 saturated heterocycles. The third-order valence-corrected chi connectivity index (χ3v) is 4.68. The van der Waals surface area contributed by atoms with Crippen LogP contribution < -0.4 is 10.6 Å². The van der Waals surface area contributed by atoms with Crippen molar-refractivity contribution >= 4 is 23.1 Å². The van der Waals surface area contributed by atoms with Crippen molar-refractivity contribution in [2.75, 3.05) is 43.5 Å². The largest absolute Gasteiger partial charge is 0.395 e. The van der Waals surface area contributed by atoms with Crippen LogP contribution in [0.25, 0.3) is 0 Å². The van der Waals surface area contributed by atoms with Crippen LogP contribution in [-0.4, -0.2) is 48.0 Å². The first-order valence-electron chi connectivity index (χ1n) is 7.93. The number of aromatic nitrogens is 2. The molecular weight excluding hydrogens is 312 g/mol. The van der Waals surface area contributed by atoms with E-state index in [9.17, 15) is 0 Å². The summed E-state index contributed by atoms with van der Waals surface area (Å²) in [5, 5.41) is 17.5. The molecule has 1 fully saturated rings. The van der Waals surface area contributed by atoms with Gasteiger partial charge in [0.2, 0.25) is 5.95 Å². The normalized spacial score (nSPS) is 17.3. The zero-order valence-electron chi connectivity index (χ0n) is 13.0. The first-order chi connectivity index (χ1) is 11.3. The molecule has 0 spiro atoms. The summed E-state index contributed by atoms with van der Waals surface area (Å²) in [7, 11) is 0. The molecule has 1 atom stereocenters. The van der Waals surface area contributed by atoms with Gasteiger partial charge in [0.1, 0.15) is 5.82 Å². The van der Waals surface area contributed by atoms with E-state index in [0.29, 0.717) is 25.0 Å². The minimum absolute atomic E-state index is 0.0568. The number of thiophene rings is 1. The third-order valence-electron chi connectivity index (χ3n) is 3.75. The molecule has 0 aliphatic carbocycles. The molecule has 0 unspecified atom stereocenters. The van der Waals surface area contributed by atoms with Crippen LogP contribution in [0.2, 0.25) is 0 Å². The van der Waals surface area contributed by atoms with Crippen LogP contribution in [0.4, 0.5) is 11.8 Å². The lowest BCUT2D eigenvalue weighted by Gasteiger charge is -2.13. The van der Waals surface area contributed by atoms with Gasteiger partial charge in [-0.05, 0) is 24.3 Å². The number of anilines is 2. The molecule has 0 bridgehead atoms. The molecule has 1 aliphatic rings. The van der Waals surface area contributed by atoms with Crippen molar-refractivity contribution < 1.29 is 9.84 Å². The van der Waals surface area contributed by atoms with E-state index in [1.807, 2.05) is 6.07 Å². The molecule has 2 aromatic heterocycles. The van der Waals surface area contributed by atoms with Crippen molar-refractivity contribution in [3.8, 4) is 0 Å². The molecule has 1 aliphatic heterocycles. The van der Waals surface area contributed by atoms with E-state index in [-0.39, 0.29) is 6.61 Å². The summed E-state index contributed by atoms with van der Waals surface area (Å²) in [5.41, 5.74) is 0.997. The van der Waals surface area contributed by atoms with Crippen LogP contribution in [0, 0.1) is 0 Å². The van der Waals surface area contributed by atoms with Crippen LogP contribution in [0.3, 0.4) is 0 Å². The standard InChI is InChI=1S/C16H22N4O2S/c21-7-6-18-16-19-14(12-4-8-22-11-12)10-15(20-16)17-5-3-13-2-1-9-23-13/h1-2,9-10,12,21H,3-8,11H2,(H2,17,18,19,20)/t12-/m1/s1. The first kappa shape index (κ1) is 16.2. The average molecular weight is 334 g/mol. The second kappa shape index (κ2) is 8.24. The van der Waals surface area contributed by atoms with Gasteiger partial charge in [0.25, 0.3) is 0 Å². The van der Waals surface area contributed by atoms with Crippen molar-refractivity contribution in [1.29, 1.82) is 0 Å². The highest BCUT2D eigenvalue weighted by atomic mass is 32.1. The number of rotatable bonds is 8. The summed E-state index contributed by atoms with van der Waals surface area (Å²) >= 11 is 1.77. The molecule has 7 heteroatoms. The Labute approximate surface area is 139 Å². The second-order valence-corrected chi connectivity index (χ2v) is 6.50. The summed E-state index contributed by atoms with van der Waals surface area (Å²) < 4.78 is 5.46. The highest BCUT2D eigenvalue weighted by molar-refractivity contribution is 7.09. The number of aliphatic hydroxyl groups is 1. The zero-order chi connectivity index (χ0) is 15.9. The average Bonchev–Trinajstić information content (AvgIpc) is 3.26. The fraction of sp³-hybridized carbons (Fsp3) is 0.500. The predicted molar refractivity (Wildman–Crippen MR) is 92.3 cm³/mol. The molecule has 0 aromatic carbocycles. The van der Waals surface area contributed by atoms with Gasteiger partial charge in [0.05, 0.1) is 18.9 Å². The fourth-order valence-electron chi connectivity index (χ4n) is 2.55. The van der Waals surface area contributed by atoms with Gasteiger partial charge in [-0.15, -0.1) is 11.3 Å². The number of hydrogen-bond acceptors (Lipinski definition) is 7. The van der Waals surface area contributed by atoms with Gasteiger partial charge in [-0.25, -0.2) is 4.98 Å². The van der Waals surface area contributed by atoms with Gasteiger partial charge >= 0.3 is 0 Å². The van der Waals surface area contributed by atoms with Crippen LogP contribution in [-0.2, 0) is 11.2 Å². The van der Waals surface area contributed by atoms with Crippen molar-refractivity contribution in [2.24, 2.45) is 0 Å². The Kier molecular flexibility index (Phi) is 5.79. The summed E-state index contributed by atoms with van der Waals surface area (Å²) in [6.07, 6.45) is 1.97. The predicted octanol–water partition coefficient (Wildman–Crippen LogP) is 2.10. The maximum absolute atomic E-state index is 8.97. The number of nitrogens with one attached hydrogen (secondary N) is 2. The maximum Gasteiger partial charge on any atom is 0.224 e. The van der Waals surface area contributed by atoms with Crippen LogP contribution in [0.1, 0.15) is 22.9 Å². The highest BCUT2D eigenvalue weighted by Crippen LogP contribution is 2.26. The molecule has 0 amide bonds. The maximum atomic E-state index is 8.97. The van der Waals surface area contributed by atoms with Gasteiger partial charge in [-0.1, -0.05) is 6.07 Å². The Morgan fingerprint density at radius 1 is 1.30 bits per heavy atom. The van der Waals surface area contributed by atoms with Crippen molar-refractivity contribution in [2.45, 2.75) is 18.8 Å². The zero-order valence-corrected chi connectivity index (χ0v) is 13.8. The SMILES string of the molecule is OCCNc1nc(NCCc2cccs2)cc([C@@H]2CCOC2)n1. The molecule has 0 radical (unpaired) electrons. The van der Waals surface area contributed by atoms with E-state index in [1.54, 1.807) is 11.3 Å². The van der Waals surface area contributed by atoms with Crippen LogP contribution >= 0.6 is 11.3 Å². The van der Waals surface area contributed by atoms with Crippen molar-refractivity contribution in [1.82, 2.24) is 9.97 Å². The summed E-state index contributed by atoms with van der Waals surface area (Å²) in [5.74, 6) is 1.70. The smallest absolute Gasteiger partial charge is 0.224 e. The van der Waals surface area contributed by atoms with E-state index in [1.165, 1.54) is 4.88 Å². The van der Waals surface area contributed by atoms with Gasteiger partial charge in [-0.2, -0.15) is 4.98 Å². The lowest BCUT2D eigenvalue weighted by atomic mass is 10.0. The lowest BCUT2D eigenvalue weighted by molar-refractivity contribution is 0.193. The molecule has 3 N–H and O–H groups in total. The monoisotopic (exact) mass is 334 g/mol. The number of ether oxygens (including phenoxy) is 1. The highest BCUT2D eigenvalue weighted by Gasteiger charge is 2.20. The van der Waals surface area contributed by atoms with E-state index in [0.717, 1.165) is 37.5 Å². The van der Waals surface area contributed by atoms with E-state index in [2.05, 4.69) is 38.1 Å². The molecule has 3 heterocycles. The van der Waals surface area contributed by atoms with Crippen molar-refractivity contribution in [3.05, 3.63) is 34.2 Å². The summed E-state index contributed by atoms with van der Waals surface area (Å²) in [6.45, 7) is 2.83. The lowest BCUT2D eigenvalue weighted by Crippen LogP contribution is -2.14. The van der Waals surface area contributed by atoms with Crippen LogP contribution in [0.15, 0.2) is 23.6 Å². The molecule has 124 valence electrons. The molecule has 0 saturated carbocycles. The number of nitrogens with zero attached hydrogens (tertiary/aromatic N) is 2. The second-order valence-electron chi connectivity index (χ2n) is 5.47. The molecule has 2 aromatic rings. The van der Waals surface area contributed by atoms with Gasteiger partial charge in [0.15, 0.2) is 0 Å². The minimum Gasteiger partial charge on any atom is -0.395 e. The third kappa shape index (κ3) is 4.63. The van der Waals surface area contributed by atoms with Gasteiger partial charge in [-0.3, -0.25) is 0 Å². The molecular formula is C16H22N4O2S. The fourth-order valence-corrected chi connectivity index (χ4v) is 3.26. The van der Waals surface area contributed by atoms with Crippen LogP contribution in [0.5, 0.6) is 0 Å². The Hall–Kier alpha value is -1.70. The molecule has 6 nitrogen and oxygen atoms in total. The molecule has 23 heavy (non-hydrogen) atoms. The van der Waals surface area contributed by atoms with Gasteiger partial charge < -0.3 is 20.5 Å². The number of aliphatic hydroxyl groups excluding tert-OH is 1. The van der Waals surface area contributed by atoms with Gasteiger partial charge in [0, 0.05) is 36.6 Å². The summed E-state index contributed by atoms with van der Waals surface area (Å²) in [4.78, 5) is 10.4. The van der Waals surface area contributed by atoms with Crippen molar-refractivity contribution in [3.63, 3.8) is 0 Å².